The first-order chi connectivity index (χ1) is 11.6. The van der Waals surface area contributed by atoms with Crippen molar-refractivity contribution < 1.29 is 9.53 Å². The van der Waals surface area contributed by atoms with Crippen molar-refractivity contribution in [3.8, 4) is 0 Å². The maximum atomic E-state index is 11.8. The molecule has 2 aliphatic carbocycles. The topological polar surface area (TPSA) is 39.2 Å². The molecule has 0 radical (unpaired) electrons. The Morgan fingerprint density at radius 2 is 2.12 bits per heavy atom. The molecule has 2 aromatic rings. The monoisotopic (exact) mass is 319 g/mol. The lowest BCUT2D eigenvalue weighted by Gasteiger charge is -2.35. The Morgan fingerprint density at radius 1 is 1.25 bits per heavy atom. The summed E-state index contributed by atoms with van der Waals surface area (Å²) in [6, 6.07) is 8.75. The predicted octanol–water partition coefficient (Wildman–Crippen LogP) is 4.40. The van der Waals surface area contributed by atoms with Crippen molar-refractivity contribution in [2.45, 2.75) is 25.7 Å². The average molecular weight is 319 g/mol. The number of methoxy groups -OCH3 is 1. The van der Waals surface area contributed by atoms with Gasteiger partial charge in [0.2, 0.25) is 0 Å². The molecule has 24 heavy (non-hydrogen) atoms. The molecular weight excluding hydrogens is 298 g/mol. The molecule has 0 saturated heterocycles. The van der Waals surface area contributed by atoms with Gasteiger partial charge in [0.15, 0.2) is 0 Å². The number of hydrogen-bond acceptors (Lipinski definition) is 3. The molecule has 0 aliphatic heterocycles. The maximum Gasteiger partial charge on any atom is 0.337 e. The number of carbonyl (C=O) groups excluding carboxylic acids is 1. The molecule has 0 N–H and O–H groups in total. The highest BCUT2D eigenvalue weighted by Crippen LogP contribution is 2.56. The molecule has 1 aromatic heterocycles. The first-order valence-electron chi connectivity index (χ1n) is 8.45. The Bertz CT molecular complexity index is 867. The molecule has 0 spiro atoms. The van der Waals surface area contributed by atoms with Gasteiger partial charge in [0.05, 0.1) is 12.7 Å². The van der Waals surface area contributed by atoms with Gasteiger partial charge in [0.25, 0.3) is 0 Å². The van der Waals surface area contributed by atoms with E-state index in [1.807, 2.05) is 24.5 Å². The molecule has 3 atom stereocenters. The molecule has 0 amide bonds. The van der Waals surface area contributed by atoms with E-state index in [0.717, 1.165) is 12.8 Å². The number of carbonyl (C=O) groups is 1. The summed E-state index contributed by atoms with van der Waals surface area (Å²) in [5, 5.41) is 2.41. The van der Waals surface area contributed by atoms with E-state index in [-0.39, 0.29) is 11.4 Å². The number of nitrogens with zero attached hydrogens (tertiary/aromatic N) is 1. The van der Waals surface area contributed by atoms with Crippen molar-refractivity contribution in [1.82, 2.24) is 4.98 Å². The average Bonchev–Trinajstić information content (AvgIpc) is 2.96. The quantitative estimate of drug-likeness (QED) is 0.770. The summed E-state index contributed by atoms with van der Waals surface area (Å²) < 4.78 is 4.87. The van der Waals surface area contributed by atoms with Gasteiger partial charge in [-0.15, -0.1) is 0 Å². The van der Waals surface area contributed by atoms with Crippen LogP contribution < -0.4 is 0 Å². The number of ether oxygens (including phenoxy) is 1. The second-order valence-electron chi connectivity index (χ2n) is 7.03. The van der Waals surface area contributed by atoms with E-state index in [1.165, 1.54) is 23.4 Å². The van der Waals surface area contributed by atoms with Crippen molar-refractivity contribution in [2.24, 2.45) is 11.3 Å². The zero-order valence-electron chi connectivity index (χ0n) is 14.0. The van der Waals surface area contributed by atoms with Gasteiger partial charge >= 0.3 is 5.97 Å². The van der Waals surface area contributed by atoms with Crippen molar-refractivity contribution in [3.63, 3.8) is 0 Å². The van der Waals surface area contributed by atoms with E-state index in [1.54, 1.807) is 0 Å². The minimum Gasteiger partial charge on any atom is -0.465 e. The van der Waals surface area contributed by atoms with Crippen LogP contribution in [0.1, 0.15) is 31.2 Å². The highest BCUT2D eigenvalue weighted by atomic mass is 16.5. The molecule has 1 fully saturated rings. The van der Waals surface area contributed by atoms with Crippen molar-refractivity contribution >= 4 is 16.7 Å². The third kappa shape index (κ3) is 2.27. The fourth-order valence-electron chi connectivity index (χ4n) is 4.37. The molecule has 1 heterocycles. The third-order valence-electron chi connectivity index (χ3n) is 5.81. The van der Waals surface area contributed by atoms with Crippen molar-refractivity contribution in [2.75, 3.05) is 7.11 Å². The van der Waals surface area contributed by atoms with E-state index >= 15 is 0 Å². The van der Waals surface area contributed by atoms with Crippen LogP contribution in [-0.2, 0) is 9.53 Å². The number of allylic oxidation sites excluding steroid dienone is 2. The summed E-state index contributed by atoms with van der Waals surface area (Å²) in [6.45, 7) is 2.31. The summed E-state index contributed by atoms with van der Waals surface area (Å²) in [7, 11) is 1.44. The van der Waals surface area contributed by atoms with E-state index < -0.39 is 0 Å². The SMILES string of the molecule is COC(=O)C1=C[C@@H]2CC[C@H](c3ccc4ccncc4c3)[C@@]2(C)C=C1. The number of fused-ring (bicyclic) bond motifs is 2. The van der Waals surface area contributed by atoms with Crippen LogP contribution in [0.15, 0.2) is 60.5 Å². The largest absolute Gasteiger partial charge is 0.465 e. The third-order valence-corrected chi connectivity index (χ3v) is 5.81. The van der Waals surface area contributed by atoms with Gasteiger partial charge in [-0.1, -0.05) is 37.3 Å². The predicted molar refractivity (Wildman–Crippen MR) is 94.6 cm³/mol. The van der Waals surface area contributed by atoms with Crippen LogP contribution in [0, 0.1) is 11.3 Å². The summed E-state index contributed by atoms with van der Waals surface area (Å²) in [4.78, 5) is 16.1. The maximum absolute atomic E-state index is 11.8. The van der Waals surface area contributed by atoms with Gasteiger partial charge in [-0.25, -0.2) is 4.79 Å². The summed E-state index contributed by atoms with van der Waals surface area (Å²) in [6.07, 6.45) is 12.2. The summed E-state index contributed by atoms with van der Waals surface area (Å²) >= 11 is 0. The fraction of sp³-hybridized carbons (Fsp3) is 0.333. The summed E-state index contributed by atoms with van der Waals surface area (Å²) in [5.41, 5.74) is 2.09. The second kappa shape index (κ2) is 5.59. The van der Waals surface area contributed by atoms with Crippen LogP contribution in [0.5, 0.6) is 0 Å². The Hall–Kier alpha value is -2.42. The van der Waals surface area contributed by atoms with Crippen molar-refractivity contribution in [1.29, 1.82) is 0 Å². The Morgan fingerprint density at radius 3 is 2.96 bits per heavy atom. The van der Waals surface area contributed by atoms with E-state index in [0.29, 0.717) is 17.4 Å². The van der Waals surface area contributed by atoms with E-state index in [2.05, 4.69) is 42.3 Å². The fourth-order valence-corrected chi connectivity index (χ4v) is 4.37. The number of rotatable bonds is 2. The van der Waals surface area contributed by atoms with Crippen LogP contribution in [0.2, 0.25) is 0 Å². The zero-order chi connectivity index (χ0) is 16.7. The summed E-state index contributed by atoms with van der Waals surface area (Å²) in [5.74, 6) is 0.596. The Kier molecular flexibility index (Phi) is 3.52. The highest BCUT2D eigenvalue weighted by molar-refractivity contribution is 5.92. The standard InChI is InChI=1S/C21H21NO2/c1-21-9-7-16(20(23)24-2)12-18(21)5-6-19(21)15-4-3-14-8-10-22-13-17(14)11-15/h3-4,7-13,18-19H,5-6H2,1-2H3/t18-,19+,21-/m0/s1. The van der Waals surface area contributed by atoms with Crippen LogP contribution in [0.25, 0.3) is 10.8 Å². The molecule has 3 heteroatoms. The van der Waals surface area contributed by atoms with Crippen LogP contribution in [-0.4, -0.2) is 18.1 Å². The molecule has 0 bridgehead atoms. The Balaban J connectivity index is 1.69. The number of esters is 1. The van der Waals surface area contributed by atoms with Crippen LogP contribution in [0.3, 0.4) is 0 Å². The molecule has 1 aromatic carbocycles. The van der Waals surface area contributed by atoms with E-state index in [9.17, 15) is 4.79 Å². The van der Waals surface area contributed by atoms with Crippen LogP contribution >= 0.6 is 0 Å². The minimum absolute atomic E-state index is 0.0490. The lowest BCUT2D eigenvalue weighted by molar-refractivity contribution is -0.135. The Labute approximate surface area is 142 Å². The molecule has 4 rings (SSSR count). The van der Waals surface area contributed by atoms with Gasteiger partial charge in [-0.2, -0.15) is 0 Å². The molecule has 3 nitrogen and oxygen atoms in total. The molecule has 122 valence electrons. The molecule has 1 saturated carbocycles. The number of hydrogen-bond donors (Lipinski definition) is 0. The molecule has 0 unspecified atom stereocenters. The second-order valence-corrected chi connectivity index (χ2v) is 7.03. The van der Waals surface area contributed by atoms with Gasteiger partial charge in [0.1, 0.15) is 0 Å². The highest BCUT2D eigenvalue weighted by Gasteiger charge is 2.46. The number of benzene rings is 1. The van der Waals surface area contributed by atoms with Crippen molar-refractivity contribution in [3.05, 3.63) is 66.0 Å². The number of pyridine rings is 1. The smallest absolute Gasteiger partial charge is 0.337 e. The van der Waals surface area contributed by atoms with Gasteiger partial charge in [-0.3, -0.25) is 4.98 Å². The molecule has 2 aliphatic rings. The zero-order valence-corrected chi connectivity index (χ0v) is 14.0. The van der Waals surface area contributed by atoms with Crippen LogP contribution in [0.4, 0.5) is 0 Å². The van der Waals surface area contributed by atoms with Gasteiger partial charge in [0, 0.05) is 17.8 Å². The lowest BCUT2D eigenvalue weighted by atomic mass is 9.68. The first kappa shape index (κ1) is 15.1. The molecular formula is C21H21NO2. The minimum atomic E-state index is -0.242. The van der Waals surface area contributed by atoms with Gasteiger partial charge < -0.3 is 4.74 Å². The van der Waals surface area contributed by atoms with Gasteiger partial charge in [-0.05, 0) is 53.2 Å². The normalized spacial score (nSPS) is 28.5. The number of aromatic nitrogens is 1. The van der Waals surface area contributed by atoms with E-state index in [4.69, 9.17) is 4.74 Å². The lowest BCUT2D eigenvalue weighted by Crippen LogP contribution is -2.27. The first-order valence-corrected chi connectivity index (χ1v) is 8.45.